The van der Waals surface area contributed by atoms with Crippen LogP contribution in [0.2, 0.25) is 0 Å². The number of hydrogen-bond acceptors (Lipinski definition) is 5. The Hall–Kier alpha value is -1.08. The van der Waals surface area contributed by atoms with Crippen LogP contribution in [0.5, 0.6) is 0 Å². The Bertz CT molecular complexity index is 386. The molecule has 20 heavy (non-hydrogen) atoms. The minimum absolute atomic E-state index is 0.156. The zero-order valence-electron chi connectivity index (χ0n) is 11.3. The van der Waals surface area contributed by atoms with Crippen molar-refractivity contribution in [3.8, 4) is 0 Å². The SMILES string of the molecule is CCC(CO)(CO)CO.O=Cc1cc(Br)cc(C=O)c1. The molecule has 5 nitrogen and oxygen atoms in total. The lowest BCUT2D eigenvalue weighted by Crippen LogP contribution is -2.32. The first kappa shape index (κ1) is 18.9. The van der Waals surface area contributed by atoms with Gasteiger partial charge in [-0.2, -0.15) is 0 Å². The van der Waals surface area contributed by atoms with Gasteiger partial charge < -0.3 is 15.3 Å². The molecule has 0 aliphatic heterocycles. The van der Waals surface area contributed by atoms with Crippen LogP contribution < -0.4 is 0 Å². The fourth-order valence-electron chi connectivity index (χ4n) is 1.26. The smallest absolute Gasteiger partial charge is 0.150 e. The molecular weight excluding hydrogens is 328 g/mol. The van der Waals surface area contributed by atoms with Crippen molar-refractivity contribution in [3.63, 3.8) is 0 Å². The summed E-state index contributed by atoms with van der Waals surface area (Å²) in [5.74, 6) is 0. The summed E-state index contributed by atoms with van der Waals surface area (Å²) in [6.45, 7) is 1.35. The Morgan fingerprint density at radius 3 is 1.60 bits per heavy atom. The standard InChI is InChI=1S/C8H5BrO2.C6H14O3/c9-8-2-6(4-10)1-7(3-8)5-11;1-2-6(3-7,4-8)5-9/h1-5H;7-9H,2-5H2,1H3. The van der Waals surface area contributed by atoms with Gasteiger partial charge in [0.25, 0.3) is 0 Å². The first-order valence-electron chi connectivity index (χ1n) is 6.04. The van der Waals surface area contributed by atoms with Crippen LogP contribution in [-0.2, 0) is 0 Å². The molecule has 6 heteroatoms. The summed E-state index contributed by atoms with van der Waals surface area (Å²) in [5.41, 5.74) is 0.336. The van der Waals surface area contributed by atoms with Crippen LogP contribution in [0.25, 0.3) is 0 Å². The van der Waals surface area contributed by atoms with Gasteiger partial charge in [-0.15, -0.1) is 0 Å². The van der Waals surface area contributed by atoms with E-state index in [1.54, 1.807) is 12.1 Å². The molecule has 0 bridgehead atoms. The van der Waals surface area contributed by atoms with Crippen LogP contribution in [0, 0.1) is 5.41 Å². The first-order valence-corrected chi connectivity index (χ1v) is 6.83. The van der Waals surface area contributed by atoms with Crippen LogP contribution in [0.15, 0.2) is 22.7 Å². The number of halogens is 1. The zero-order chi connectivity index (χ0) is 15.6. The topological polar surface area (TPSA) is 94.8 Å². The van der Waals surface area contributed by atoms with Gasteiger partial charge in [-0.05, 0) is 24.6 Å². The van der Waals surface area contributed by atoms with Gasteiger partial charge in [0.15, 0.2) is 0 Å². The van der Waals surface area contributed by atoms with Gasteiger partial charge >= 0.3 is 0 Å². The van der Waals surface area contributed by atoms with E-state index in [1.807, 2.05) is 6.92 Å². The molecule has 0 unspecified atom stereocenters. The molecule has 0 fully saturated rings. The Balaban J connectivity index is 0.000000370. The molecule has 1 aromatic carbocycles. The van der Waals surface area contributed by atoms with E-state index in [0.717, 1.165) is 4.47 Å². The first-order chi connectivity index (χ1) is 9.50. The highest BCUT2D eigenvalue weighted by Crippen LogP contribution is 2.18. The highest BCUT2D eigenvalue weighted by molar-refractivity contribution is 9.10. The molecule has 0 aliphatic rings. The van der Waals surface area contributed by atoms with Crippen molar-refractivity contribution in [1.29, 1.82) is 0 Å². The number of aliphatic hydroxyl groups is 3. The fraction of sp³-hybridized carbons (Fsp3) is 0.429. The number of aliphatic hydroxyl groups excluding tert-OH is 3. The number of benzene rings is 1. The zero-order valence-corrected chi connectivity index (χ0v) is 12.8. The van der Waals surface area contributed by atoms with Crippen molar-refractivity contribution in [2.45, 2.75) is 13.3 Å². The van der Waals surface area contributed by atoms with Gasteiger partial charge in [0.1, 0.15) is 12.6 Å². The molecule has 1 rings (SSSR count). The fourth-order valence-corrected chi connectivity index (χ4v) is 1.79. The molecule has 0 aliphatic carbocycles. The van der Waals surface area contributed by atoms with Gasteiger partial charge in [-0.3, -0.25) is 9.59 Å². The summed E-state index contributed by atoms with van der Waals surface area (Å²) in [7, 11) is 0. The van der Waals surface area contributed by atoms with Crippen molar-refractivity contribution < 1.29 is 24.9 Å². The van der Waals surface area contributed by atoms with Crippen molar-refractivity contribution in [2.75, 3.05) is 19.8 Å². The highest BCUT2D eigenvalue weighted by Gasteiger charge is 2.24. The summed E-state index contributed by atoms with van der Waals surface area (Å²) >= 11 is 3.18. The lowest BCUT2D eigenvalue weighted by molar-refractivity contribution is 0.00304. The number of rotatable bonds is 6. The molecule has 0 atom stereocenters. The van der Waals surface area contributed by atoms with Gasteiger partial charge in [-0.25, -0.2) is 0 Å². The third kappa shape index (κ3) is 5.92. The number of carbonyl (C=O) groups is 2. The van der Waals surface area contributed by atoms with E-state index in [2.05, 4.69) is 15.9 Å². The van der Waals surface area contributed by atoms with E-state index in [4.69, 9.17) is 15.3 Å². The second-order valence-electron chi connectivity index (χ2n) is 4.38. The van der Waals surface area contributed by atoms with Crippen molar-refractivity contribution in [2.24, 2.45) is 5.41 Å². The number of hydrogen-bond donors (Lipinski definition) is 3. The summed E-state index contributed by atoms with van der Waals surface area (Å²) in [4.78, 5) is 20.6. The Labute approximate surface area is 126 Å². The minimum Gasteiger partial charge on any atom is -0.396 e. The molecule has 0 spiro atoms. The molecule has 112 valence electrons. The predicted molar refractivity (Wildman–Crippen MR) is 78.9 cm³/mol. The van der Waals surface area contributed by atoms with Crippen molar-refractivity contribution in [3.05, 3.63) is 33.8 Å². The molecule has 1 aromatic rings. The van der Waals surface area contributed by atoms with Crippen LogP contribution in [-0.4, -0.2) is 47.7 Å². The van der Waals surface area contributed by atoms with Gasteiger partial charge in [-0.1, -0.05) is 22.9 Å². The van der Waals surface area contributed by atoms with E-state index < -0.39 is 5.41 Å². The molecular formula is C14H19BrO5. The van der Waals surface area contributed by atoms with E-state index in [9.17, 15) is 9.59 Å². The molecule has 0 saturated carbocycles. The van der Waals surface area contributed by atoms with E-state index >= 15 is 0 Å². The van der Waals surface area contributed by atoms with Gasteiger partial charge in [0.2, 0.25) is 0 Å². The van der Waals surface area contributed by atoms with Crippen LogP contribution in [0.4, 0.5) is 0 Å². The third-order valence-corrected chi connectivity index (χ3v) is 3.43. The Morgan fingerprint density at radius 2 is 1.40 bits per heavy atom. The molecule has 0 radical (unpaired) electrons. The highest BCUT2D eigenvalue weighted by atomic mass is 79.9. The van der Waals surface area contributed by atoms with Crippen LogP contribution >= 0.6 is 15.9 Å². The molecule has 0 heterocycles. The average molecular weight is 347 g/mol. The maximum Gasteiger partial charge on any atom is 0.150 e. The number of aldehydes is 2. The summed E-state index contributed by atoms with van der Waals surface area (Å²) in [5, 5.41) is 26.0. The number of carbonyl (C=O) groups excluding carboxylic acids is 2. The van der Waals surface area contributed by atoms with Crippen LogP contribution in [0.1, 0.15) is 34.1 Å². The maximum atomic E-state index is 10.3. The molecule has 0 aromatic heterocycles. The summed E-state index contributed by atoms with van der Waals surface area (Å²) in [6.07, 6.45) is 2.01. The summed E-state index contributed by atoms with van der Waals surface area (Å²) < 4.78 is 0.740. The normalized spacial score (nSPS) is 10.4. The minimum atomic E-state index is -0.667. The average Bonchev–Trinajstić information content (AvgIpc) is 2.50. The second-order valence-corrected chi connectivity index (χ2v) is 5.30. The Morgan fingerprint density at radius 1 is 1.00 bits per heavy atom. The maximum absolute atomic E-state index is 10.3. The second kappa shape index (κ2) is 9.77. The van der Waals surface area contributed by atoms with Gasteiger partial charge in [0.05, 0.1) is 19.8 Å². The molecule has 0 saturated heterocycles. The Kier molecular flexibility index (Phi) is 9.24. The third-order valence-electron chi connectivity index (χ3n) is 2.97. The van der Waals surface area contributed by atoms with Gasteiger partial charge in [0, 0.05) is 21.0 Å². The van der Waals surface area contributed by atoms with E-state index in [-0.39, 0.29) is 19.8 Å². The van der Waals surface area contributed by atoms with Crippen LogP contribution in [0.3, 0.4) is 0 Å². The quantitative estimate of drug-likeness (QED) is 0.677. The molecule has 0 amide bonds. The van der Waals surface area contributed by atoms with Crippen molar-refractivity contribution >= 4 is 28.5 Å². The predicted octanol–water partition coefficient (Wildman–Crippen LogP) is 1.43. The monoisotopic (exact) mass is 346 g/mol. The lowest BCUT2D eigenvalue weighted by Gasteiger charge is -2.24. The molecule has 3 N–H and O–H groups in total. The largest absolute Gasteiger partial charge is 0.396 e. The van der Waals surface area contributed by atoms with Crippen molar-refractivity contribution in [1.82, 2.24) is 0 Å². The van der Waals surface area contributed by atoms with E-state index in [0.29, 0.717) is 30.1 Å². The van der Waals surface area contributed by atoms with E-state index in [1.165, 1.54) is 6.07 Å². The lowest BCUT2D eigenvalue weighted by atomic mass is 9.88. The summed E-state index contributed by atoms with van der Waals surface area (Å²) in [6, 6.07) is 4.84.